The monoisotopic (exact) mass is 728 g/mol. The molecule has 12 aromatic rings. The van der Waals surface area contributed by atoms with E-state index in [1.54, 1.807) is 0 Å². The predicted molar refractivity (Wildman–Crippen MR) is 235 cm³/mol. The van der Waals surface area contributed by atoms with Gasteiger partial charge in [0.1, 0.15) is 22.3 Å². The molecule has 0 spiro atoms. The summed E-state index contributed by atoms with van der Waals surface area (Å²) in [6.07, 6.45) is 0. The minimum atomic E-state index is 0.832. The van der Waals surface area contributed by atoms with Crippen molar-refractivity contribution in [3.05, 3.63) is 194 Å². The molecule has 8 aromatic carbocycles. The molecule has 12 rings (SSSR count). The van der Waals surface area contributed by atoms with Crippen molar-refractivity contribution in [2.45, 2.75) is 0 Å². The van der Waals surface area contributed by atoms with Gasteiger partial charge >= 0.3 is 0 Å². The molecular formula is C53H32N2O2. The Morgan fingerprint density at radius 2 is 0.965 bits per heavy atom. The lowest BCUT2D eigenvalue weighted by atomic mass is 9.96. The Bertz CT molecular complexity index is 3520. The highest BCUT2D eigenvalue weighted by Gasteiger charge is 2.19. The fraction of sp³-hybridized carbons (Fsp3) is 0. The Hall–Kier alpha value is -7.69. The van der Waals surface area contributed by atoms with E-state index in [1.807, 2.05) is 12.1 Å². The molecule has 0 saturated heterocycles. The Morgan fingerprint density at radius 3 is 1.84 bits per heavy atom. The van der Waals surface area contributed by atoms with Crippen molar-refractivity contribution in [1.82, 2.24) is 9.55 Å². The molecule has 0 bridgehead atoms. The number of fused-ring (bicyclic) bond motifs is 9. The molecule has 0 aliphatic rings. The zero-order valence-electron chi connectivity index (χ0n) is 30.7. The maximum Gasteiger partial charge on any atom is 0.136 e. The molecule has 266 valence electrons. The fourth-order valence-corrected chi connectivity index (χ4v) is 8.73. The molecule has 0 aliphatic carbocycles. The third-order valence-electron chi connectivity index (χ3n) is 11.4. The van der Waals surface area contributed by atoms with E-state index in [9.17, 15) is 0 Å². The fourth-order valence-electron chi connectivity index (χ4n) is 8.73. The maximum atomic E-state index is 6.55. The first kappa shape index (κ1) is 31.6. The van der Waals surface area contributed by atoms with Gasteiger partial charge in [-0.15, -0.1) is 0 Å². The molecule has 0 atom stereocenters. The summed E-state index contributed by atoms with van der Waals surface area (Å²) < 4.78 is 15.2. The normalized spacial score (nSPS) is 11.9. The summed E-state index contributed by atoms with van der Waals surface area (Å²) in [4.78, 5) is 5.38. The van der Waals surface area contributed by atoms with Crippen LogP contribution in [0.5, 0.6) is 0 Å². The van der Waals surface area contributed by atoms with Gasteiger partial charge in [-0.2, -0.15) is 0 Å². The molecule has 0 fully saturated rings. The lowest BCUT2D eigenvalue weighted by Crippen LogP contribution is -1.92. The van der Waals surface area contributed by atoms with Crippen LogP contribution in [0.4, 0.5) is 0 Å². The van der Waals surface area contributed by atoms with E-state index in [-0.39, 0.29) is 0 Å². The first-order valence-corrected chi connectivity index (χ1v) is 19.3. The van der Waals surface area contributed by atoms with E-state index in [0.717, 1.165) is 94.3 Å². The quantitative estimate of drug-likeness (QED) is 0.177. The number of furan rings is 2. The van der Waals surface area contributed by atoms with E-state index >= 15 is 0 Å². The van der Waals surface area contributed by atoms with E-state index < -0.39 is 0 Å². The van der Waals surface area contributed by atoms with Gasteiger partial charge < -0.3 is 13.4 Å². The van der Waals surface area contributed by atoms with Crippen LogP contribution in [0, 0.1) is 0 Å². The molecule has 4 nitrogen and oxygen atoms in total. The molecule has 0 unspecified atom stereocenters. The van der Waals surface area contributed by atoms with Gasteiger partial charge in [0.25, 0.3) is 0 Å². The Labute approximate surface area is 327 Å². The zero-order valence-corrected chi connectivity index (χ0v) is 30.7. The van der Waals surface area contributed by atoms with Crippen molar-refractivity contribution in [3.8, 4) is 50.5 Å². The van der Waals surface area contributed by atoms with Crippen LogP contribution in [-0.4, -0.2) is 9.55 Å². The van der Waals surface area contributed by atoms with Crippen LogP contribution in [0.3, 0.4) is 0 Å². The highest BCUT2D eigenvalue weighted by Crippen LogP contribution is 2.42. The highest BCUT2D eigenvalue weighted by atomic mass is 16.3. The maximum absolute atomic E-state index is 6.55. The number of hydrogen-bond donors (Lipinski definition) is 0. The average Bonchev–Trinajstić information content (AvgIpc) is 3.95. The van der Waals surface area contributed by atoms with Crippen LogP contribution < -0.4 is 0 Å². The summed E-state index contributed by atoms with van der Waals surface area (Å²) in [7, 11) is 0. The van der Waals surface area contributed by atoms with Gasteiger partial charge in [0.05, 0.1) is 22.4 Å². The van der Waals surface area contributed by atoms with Crippen LogP contribution in [-0.2, 0) is 0 Å². The van der Waals surface area contributed by atoms with Crippen LogP contribution in [0.1, 0.15) is 0 Å². The molecule has 4 aromatic heterocycles. The summed E-state index contributed by atoms with van der Waals surface area (Å²) in [6, 6.07) is 68.4. The Kier molecular flexibility index (Phi) is 6.89. The van der Waals surface area contributed by atoms with Crippen molar-refractivity contribution in [2.24, 2.45) is 0 Å². The molecule has 0 aliphatic heterocycles. The topological polar surface area (TPSA) is 44.1 Å². The summed E-state index contributed by atoms with van der Waals surface area (Å²) in [5.74, 6) is 0. The van der Waals surface area contributed by atoms with Gasteiger partial charge in [0, 0.05) is 49.1 Å². The van der Waals surface area contributed by atoms with Crippen molar-refractivity contribution >= 4 is 65.7 Å². The van der Waals surface area contributed by atoms with Crippen molar-refractivity contribution < 1.29 is 8.83 Å². The minimum absolute atomic E-state index is 0.832. The Morgan fingerprint density at radius 1 is 0.333 bits per heavy atom. The zero-order chi connectivity index (χ0) is 37.5. The van der Waals surface area contributed by atoms with Crippen molar-refractivity contribution in [2.75, 3.05) is 0 Å². The molecule has 4 heterocycles. The molecular weight excluding hydrogens is 697 g/mol. The number of pyridine rings is 1. The van der Waals surface area contributed by atoms with Crippen molar-refractivity contribution in [1.29, 1.82) is 0 Å². The van der Waals surface area contributed by atoms with E-state index in [2.05, 4.69) is 187 Å². The first-order valence-electron chi connectivity index (χ1n) is 19.3. The Balaban J connectivity index is 1.03. The summed E-state index contributed by atoms with van der Waals surface area (Å²) in [6.45, 7) is 0. The molecule has 0 saturated carbocycles. The number of nitrogens with zero attached hydrogens (tertiary/aromatic N) is 2. The second-order valence-electron chi connectivity index (χ2n) is 14.7. The number of para-hydroxylation sites is 3. The van der Waals surface area contributed by atoms with Crippen LogP contribution in [0.2, 0.25) is 0 Å². The lowest BCUT2D eigenvalue weighted by molar-refractivity contribution is 0.668. The van der Waals surface area contributed by atoms with Crippen LogP contribution in [0.25, 0.3) is 116 Å². The molecule has 0 N–H and O–H groups in total. The highest BCUT2D eigenvalue weighted by molar-refractivity contribution is 6.14. The van der Waals surface area contributed by atoms with Gasteiger partial charge in [-0.3, -0.25) is 0 Å². The summed E-state index contributed by atoms with van der Waals surface area (Å²) in [5, 5.41) is 6.77. The molecule has 0 radical (unpaired) electrons. The van der Waals surface area contributed by atoms with Crippen LogP contribution >= 0.6 is 0 Å². The van der Waals surface area contributed by atoms with Gasteiger partial charge in [-0.1, -0.05) is 115 Å². The molecule has 57 heavy (non-hydrogen) atoms. The largest absolute Gasteiger partial charge is 0.456 e. The number of hydrogen-bond acceptors (Lipinski definition) is 3. The minimum Gasteiger partial charge on any atom is -0.456 e. The average molecular weight is 729 g/mol. The molecule has 0 amide bonds. The third-order valence-corrected chi connectivity index (χ3v) is 11.4. The smallest absolute Gasteiger partial charge is 0.136 e. The number of aromatic nitrogens is 2. The summed E-state index contributed by atoms with van der Waals surface area (Å²) >= 11 is 0. The second kappa shape index (κ2) is 12.4. The van der Waals surface area contributed by atoms with Gasteiger partial charge in [-0.25, -0.2) is 4.98 Å². The van der Waals surface area contributed by atoms with E-state index in [4.69, 9.17) is 13.8 Å². The van der Waals surface area contributed by atoms with Gasteiger partial charge in [0.15, 0.2) is 0 Å². The number of rotatable bonds is 5. The van der Waals surface area contributed by atoms with Crippen molar-refractivity contribution in [3.63, 3.8) is 0 Å². The third kappa shape index (κ3) is 5.04. The van der Waals surface area contributed by atoms with Gasteiger partial charge in [0.2, 0.25) is 0 Å². The predicted octanol–water partition coefficient (Wildman–Crippen LogP) is 14.6. The number of benzene rings is 8. The SMILES string of the molecule is c1ccc(-c2cc(-c3ccc4c(c3)oc3ccccc34)nc(-c3cccc4oc5ccc(-c6ccc7c(c6)c6ccccc6n7-c6ccccc6)cc5c34)c2)cc1. The second-order valence-corrected chi connectivity index (χ2v) is 14.7. The molecule has 4 heteroatoms. The van der Waals surface area contributed by atoms with E-state index in [0.29, 0.717) is 0 Å². The lowest BCUT2D eigenvalue weighted by Gasteiger charge is -2.11. The summed E-state index contributed by atoms with van der Waals surface area (Å²) in [5.41, 5.74) is 15.2. The standard InChI is InChI=1S/C53H32N2O2/c1-3-12-33(13-4-1)37-30-45(36-22-25-41-40-17-8-10-20-49(40)57-52(41)32-36)54-46(31-37)42-18-11-21-51-53(42)44-29-35(24-27-50(44)56-51)34-23-26-48-43(28-34)39-16-7-9-19-47(39)55(48)38-14-5-2-6-15-38/h1-32H. The van der Waals surface area contributed by atoms with Gasteiger partial charge in [-0.05, 0) is 101 Å². The van der Waals surface area contributed by atoms with Crippen LogP contribution in [0.15, 0.2) is 203 Å². The first-order chi connectivity index (χ1) is 28.2. The van der Waals surface area contributed by atoms with E-state index in [1.165, 1.54) is 21.8 Å².